The number of alkyl halides is 1. The van der Waals surface area contributed by atoms with Gasteiger partial charge in [0, 0.05) is 7.05 Å². The lowest BCUT2D eigenvalue weighted by Crippen LogP contribution is -2.26. The van der Waals surface area contributed by atoms with E-state index in [4.69, 9.17) is 11.6 Å². The molecule has 0 N–H and O–H groups in total. The van der Waals surface area contributed by atoms with Gasteiger partial charge < -0.3 is 4.90 Å². The first-order chi connectivity index (χ1) is 6.66. The van der Waals surface area contributed by atoms with Gasteiger partial charge in [0.05, 0.1) is 0 Å². The van der Waals surface area contributed by atoms with Crippen LogP contribution in [0.3, 0.4) is 0 Å². The van der Waals surface area contributed by atoms with Crippen LogP contribution >= 0.6 is 11.6 Å². The van der Waals surface area contributed by atoms with E-state index in [2.05, 4.69) is 6.58 Å². The SMILES string of the molecule is C=CC(=O)N(C)C(Cl)c1ccccc1. The fourth-order valence-electron chi connectivity index (χ4n) is 1.09. The van der Waals surface area contributed by atoms with Gasteiger partial charge in [0.25, 0.3) is 0 Å². The third-order valence-corrected chi connectivity index (χ3v) is 2.48. The monoisotopic (exact) mass is 209 g/mol. The predicted octanol–water partition coefficient (Wildman–Crippen LogP) is 2.57. The molecule has 2 nitrogen and oxygen atoms in total. The van der Waals surface area contributed by atoms with Crippen LogP contribution in [0.25, 0.3) is 0 Å². The van der Waals surface area contributed by atoms with E-state index in [1.165, 1.54) is 11.0 Å². The molecule has 74 valence electrons. The zero-order valence-corrected chi connectivity index (χ0v) is 8.74. The number of rotatable bonds is 3. The second kappa shape index (κ2) is 4.82. The summed E-state index contributed by atoms with van der Waals surface area (Å²) >= 11 is 6.09. The summed E-state index contributed by atoms with van der Waals surface area (Å²) in [6.07, 6.45) is 1.25. The number of hydrogen-bond donors (Lipinski definition) is 0. The van der Waals surface area contributed by atoms with Crippen molar-refractivity contribution in [3.8, 4) is 0 Å². The molecule has 1 unspecified atom stereocenters. The first kappa shape index (κ1) is 10.8. The zero-order chi connectivity index (χ0) is 10.6. The Kier molecular flexibility index (Phi) is 3.72. The normalized spacial score (nSPS) is 11.9. The van der Waals surface area contributed by atoms with Crippen LogP contribution in [-0.4, -0.2) is 17.9 Å². The maximum atomic E-state index is 11.2. The lowest BCUT2D eigenvalue weighted by Gasteiger charge is -2.21. The highest BCUT2D eigenvalue weighted by atomic mass is 35.5. The average Bonchev–Trinajstić information content (AvgIpc) is 2.27. The second-order valence-corrected chi connectivity index (χ2v) is 3.31. The van der Waals surface area contributed by atoms with Crippen molar-refractivity contribution < 1.29 is 4.79 Å². The Morgan fingerprint density at radius 3 is 2.57 bits per heavy atom. The smallest absolute Gasteiger partial charge is 0.247 e. The minimum Gasteiger partial charge on any atom is -0.322 e. The predicted molar refractivity (Wildman–Crippen MR) is 58.0 cm³/mol. The summed E-state index contributed by atoms with van der Waals surface area (Å²) in [6, 6.07) is 9.44. The summed E-state index contributed by atoms with van der Waals surface area (Å²) in [7, 11) is 1.65. The number of carbonyl (C=O) groups excluding carboxylic acids is 1. The van der Waals surface area contributed by atoms with Crippen molar-refractivity contribution in [1.82, 2.24) is 4.90 Å². The zero-order valence-electron chi connectivity index (χ0n) is 7.98. The van der Waals surface area contributed by atoms with Gasteiger partial charge in [0.1, 0.15) is 5.50 Å². The highest BCUT2D eigenvalue weighted by molar-refractivity contribution is 6.21. The fourth-order valence-corrected chi connectivity index (χ4v) is 1.33. The summed E-state index contributed by atoms with van der Waals surface area (Å²) in [5.74, 6) is -0.186. The van der Waals surface area contributed by atoms with Crippen molar-refractivity contribution in [3.05, 3.63) is 48.6 Å². The Balaban J connectivity index is 2.80. The molecule has 0 aromatic heterocycles. The highest BCUT2D eigenvalue weighted by Crippen LogP contribution is 2.23. The molecule has 3 heteroatoms. The molecular formula is C11H12ClNO. The van der Waals surface area contributed by atoms with E-state index in [0.717, 1.165) is 5.56 Å². The van der Waals surface area contributed by atoms with E-state index in [0.29, 0.717) is 0 Å². The van der Waals surface area contributed by atoms with Crippen molar-refractivity contribution >= 4 is 17.5 Å². The molecule has 1 aromatic rings. The van der Waals surface area contributed by atoms with Gasteiger partial charge in [-0.15, -0.1) is 0 Å². The van der Waals surface area contributed by atoms with E-state index < -0.39 is 5.50 Å². The second-order valence-electron chi connectivity index (χ2n) is 2.90. The maximum absolute atomic E-state index is 11.2. The third kappa shape index (κ3) is 2.36. The Labute approximate surface area is 88.8 Å². The van der Waals surface area contributed by atoms with E-state index in [1.54, 1.807) is 7.05 Å². The number of likely N-dealkylation sites (N-methyl/N-ethyl adjacent to an activating group) is 1. The van der Waals surface area contributed by atoms with Crippen LogP contribution in [0.4, 0.5) is 0 Å². The third-order valence-electron chi connectivity index (χ3n) is 1.94. The van der Waals surface area contributed by atoms with Gasteiger partial charge >= 0.3 is 0 Å². The maximum Gasteiger partial charge on any atom is 0.247 e. The Hall–Kier alpha value is -1.28. The van der Waals surface area contributed by atoms with Gasteiger partial charge in [0.15, 0.2) is 0 Å². The molecule has 0 aliphatic heterocycles. The number of benzene rings is 1. The van der Waals surface area contributed by atoms with Gasteiger partial charge in [0.2, 0.25) is 5.91 Å². The van der Waals surface area contributed by atoms with Crippen molar-refractivity contribution in [2.75, 3.05) is 7.05 Å². The van der Waals surface area contributed by atoms with Crippen LogP contribution in [-0.2, 0) is 4.79 Å². The largest absolute Gasteiger partial charge is 0.322 e. The molecular weight excluding hydrogens is 198 g/mol. The van der Waals surface area contributed by atoms with Crippen LogP contribution in [0.5, 0.6) is 0 Å². The summed E-state index contributed by atoms with van der Waals surface area (Å²) in [4.78, 5) is 12.7. The van der Waals surface area contributed by atoms with Crippen LogP contribution in [0, 0.1) is 0 Å². The van der Waals surface area contributed by atoms with Crippen LogP contribution in [0.15, 0.2) is 43.0 Å². The van der Waals surface area contributed by atoms with Crippen molar-refractivity contribution in [1.29, 1.82) is 0 Å². The van der Waals surface area contributed by atoms with Gasteiger partial charge in [-0.25, -0.2) is 0 Å². The molecule has 0 bridgehead atoms. The molecule has 14 heavy (non-hydrogen) atoms. The standard InChI is InChI=1S/C11H12ClNO/c1-3-10(14)13(2)11(12)9-7-5-4-6-8-9/h3-8,11H,1H2,2H3. The summed E-state index contributed by atoms with van der Waals surface area (Å²) in [6.45, 7) is 3.41. The highest BCUT2D eigenvalue weighted by Gasteiger charge is 2.16. The average molecular weight is 210 g/mol. The quantitative estimate of drug-likeness (QED) is 0.426. The van der Waals surface area contributed by atoms with E-state index in [-0.39, 0.29) is 5.91 Å². The summed E-state index contributed by atoms with van der Waals surface area (Å²) in [5.41, 5.74) is 0.452. The van der Waals surface area contributed by atoms with Crippen LogP contribution in [0.2, 0.25) is 0 Å². The first-order valence-electron chi connectivity index (χ1n) is 4.25. The topological polar surface area (TPSA) is 20.3 Å². The minimum atomic E-state index is -0.443. The molecule has 1 rings (SSSR count). The Morgan fingerprint density at radius 1 is 1.50 bits per heavy atom. The molecule has 0 saturated carbocycles. The number of nitrogens with zero attached hydrogens (tertiary/aromatic N) is 1. The van der Waals surface area contributed by atoms with Crippen LogP contribution in [0.1, 0.15) is 11.1 Å². The van der Waals surface area contributed by atoms with E-state index in [1.807, 2.05) is 30.3 Å². The molecule has 1 amide bonds. The van der Waals surface area contributed by atoms with Crippen LogP contribution < -0.4 is 0 Å². The molecule has 0 fully saturated rings. The summed E-state index contributed by atoms with van der Waals surface area (Å²) < 4.78 is 0. The molecule has 0 saturated heterocycles. The van der Waals surface area contributed by atoms with Crippen molar-refractivity contribution in [2.45, 2.75) is 5.50 Å². The Bertz CT molecular complexity index is 323. The van der Waals surface area contributed by atoms with Gasteiger partial charge in [-0.1, -0.05) is 48.5 Å². The number of amides is 1. The molecule has 1 aromatic carbocycles. The van der Waals surface area contributed by atoms with E-state index >= 15 is 0 Å². The van der Waals surface area contributed by atoms with Crippen molar-refractivity contribution in [2.24, 2.45) is 0 Å². The molecule has 0 heterocycles. The Morgan fingerprint density at radius 2 is 2.07 bits per heavy atom. The lowest BCUT2D eigenvalue weighted by atomic mass is 10.2. The minimum absolute atomic E-state index is 0.186. The van der Waals surface area contributed by atoms with Crippen molar-refractivity contribution in [3.63, 3.8) is 0 Å². The number of carbonyl (C=O) groups is 1. The fraction of sp³-hybridized carbons (Fsp3) is 0.182. The van der Waals surface area contributed by atoms with Gasteiger partial charge in [-0.05, 0) is 11.6 Å². The summed E-state index contributed by atoms with van der Waals surface area (Å²) in [5, 5.41) is 0. The number of halogens is 1. The molecule has 0 aliphatic carbocycles. The van der Waals surface area contributed by atoms with Gasteiger partial charge in [-0.2, -0.15) is 0 Å². The lowest BCUT2D eigenvalue weighted by molar-refractivity contribution is -0.125. The van der Waals surface area contributed by atoms with Gasteiger partial charge in [-0.3, -0.25) is 4.79 Å². The molecule has 0 radical (unpaired) electrons. The molecule has 0 aliphatic rings. The molecule has 1 atom stereocenters. The number of hydrogen-bond acceptors (Lipinski definition) is 1. The van der Waals surface area contributed by atoms with E-state index in [9.17, 15) is 4.79 Å². The molecule has 0 spiro atoms. The first-order valence-corrected chi connectivity index (χ1v) is 4.68.